The predicted molar refractivity (Wildman–Crippen MR) is 91.3 cm³/mol. The van der Waals surface area contributed by atoms with E-state index in [0.29, 0.717) is 16.3 Å². The molecule has 24 heavy (non-hydrogen) atoms. The Hall–Kier alpha value is -2.11. The van der Waals surface area contributed by atoms with E-state index in [0.717, 1.165) is 19.5 Å². The van der Waals surface area contributed by atoms with E-state index >= 15 is 0 Å². The Labute approximate surface area is 145 Å². The molecule has 4 nitrogen and oxygen atoms in total. The highest BCUT2D eigenvalue weighted by Gasteiger charge is 2.24. The average Bonchev–Trinajstić information content (AvgIpc) is 3.12. The molecule has 1 aliphatic heterocycles. The standard InChI is InChI=1S/C18H18ClFN2O2/c1-22(14-8-9-21-11-14)18(23)12-2-7-17(16(20)10-12)24-15-5-3-13(19)4-6-15/h2-7,10,14,21H,8-9,11H2,1H3. The SMILES string of the molecule is CN(C(=O)c1ccc(Oc2ccc(Cl)cc2)c(F)c1)C1CCNC1. The van der Waals surface area contributed by atoms with Crippen LogP contribution in [0.1, 0.15) is 16.8 Å². The van der Waals surface area contributed by atoms with E-state index < -0.39 is 5.82 Å². The van der Waals surface area contributed by atoms with Gasteiger partial charge in [0.2, 0.25) is 0 Å². The van der Waals surface area contributed by atoms with Gasteiger partial charge in [-0.05, 0) is 55.4 Å². The first-order valence-corrected chi connectivity index (χ1v) is 8.13. The summed E-state index contributed by atoms with van der Waals surface area (Å²) in [5, 5.41) is 3.79. The first-order chi connectivity index (χ1) is 11.5. The molecule has 1 unspecified atom stereocenters. The lowest BCUT2D eigenvalue weighted by molar-refractivity contribution is 0.0743. The third-order valence-electron chi connectivity index (χ3n) is 4.12. The topological polar surface area (TPSA) is 41.6 Å². The molecule has 1 amide bonds. The number of hydrogen-bond acceptors (Lipinski definition) is 3. The van der Waals surface area contributed by atoms with E-state index in [9.17, 15) is 9.18 Å². The van der Waals surface area contributed by atoms with E-state index in [4.69, 9.17) is 16.3 Å². The molecule has 3 rings (SSSR count). The van der Waals surface area contributed by atoms with Gasteiger partial charge in [-0.15, -0.1) is 0 Å². The minimum atomic E-state index is -0.575. The van der Waals surface area contributed by atoms with E-state index in [1.54, 1.807) is 42.3 Å². The van der Waals surface area contributed by atoms with Crippen molar-refractivity contribution in [2.75, 3.05) is 20.1 Å². The molecule has 1 saturated heterocycles. The molecule has 0 aromatic heterocycles. The Morgan fingerprint density at radius 3 is 2.67 bits per heavy atom. The second-order valence-electron chi connectivity index (χ2n) is 5.76. The van der Waals surface area contributed by atoms with Gasteiger partial charge >= 0.3 is 0 Å². The van der Waals surface area contributed by atoms with Crippen LogP contribution in [0, 0.1) is 5.82 Å². The number of halogens is 2. The van der Waals surface area contributed by atoms with Crippen LogP contribution in [0.5, 0.6) is 11.5 Å². The maximum atomic E-state index is 14.3. The molecule has 0 radical (unpaired) electrons. The smallest absolute Gasteiger partial charge is 0.253 e. The maximum Gasteiger partial charge on any atom is 0.253 e. The molecule has 2 aromatic carbocycles. The van der Waals surface area contributed by atoms with Crippen LogP contribution < -0.4 is 10.1 Å². The molecule has 0 aliphatic carbocycles. The Kier molecular flexibility index (Phi) is 5.02. The summed E-state index contributed by atoms with van der Waals surface area (Å²) in [7, 11) is 1.75. The van der Waals surface area contributed by atoms with Crippen LogP contribution in [0.25, 0.3) is 0 Å². The van der Waals surface area contributed by atoms with Crippen molar-refractivity contribution in [3.63, 3.8) is 0 Å². The lowest BCUT2D eigenvalue weighted by Gasteiger charge is -2.24. The van der Waals surface area contributed by atoms with Gasteiger partial charge in [0, 0.05) is 30.2 Å². The molecule has 126 valence electrons. The summed E-state index contributed by atoms with van der Waals surface area (Å²) in [5.74, 6) is -0.222. The van der Waals surface area contributed by atoms with Crippen LogP contribution in [0.3, 0.4) is 0 Å². The van der Waals surface area contributed by atoms with Gasteiger partial charge in [-0.25, -0.2) is 4.39 Å². The molecule has 1 N–H and O–H groups in total. The molecule has 0 spiro atoms. The number of nitrogens with zero attached hydrogens (tertiary/aromatic N) is 1. The molecule has 1 fully saturated rings. The Balaban J connectivity index is 1.74. The van der Waals surface area contributed by atoms with Gasteiger partial charge in [0.15, 0.2) is 11.6 Å². The number of likely N-dealkylation sites (N-methyl/N-ethyl adjacent to an activating group) is 1. The van der Waals surface area contributed by atoms with Crippen molar-refractivity contribution in [1.82, 2.24) is 10.2 Å². The van der Waals surface area contributed by atoms with Gasteiger partial charge < -0.3 is 15.0 Å². The van der Waals surface area contributed by atoms with Crippen LogP contribution in [-0.2, 0) is 0 Å². The largest absolute Gasteiger partial charge is 0.454 e. The zero-order valence-corrected chi connectivity index (χ0v) is 14.0. The van der Waals surface area contributed by atoms with Gasteiger partial charge in [-0.1, -0.05) is 11.6 Å². The summed E-state index contributed by atoms with van der Waals surface area (Å²) in [6.07, 6.45) is 0.905. The maximum absolute atomic E-state index is 14.3. The molecule has 1 atom stereocenters. The number of carbonyl (C=O) groups excluding carboxylic acids is 1. The fourth-order valence-electron chi connectivity index (χ4n) is 2.69. The van der Waals surface area contributed by atoms with E-state index in [2.05, 4.69) is 5.32 Å². The van der Waals surface area contributed by atoms with Crippen molar-refractivity contribution in [3.8, 4) is 11.5 Å². The van der Waals surface area contributed by atoms with Gasteiger partial charge in [-0.3, -0.25) is 4.79 Å². The average molecular weight is 349 g/mol. The molecule has 0 saturated carbocycles. The Morgan fingerprint density at radius 1 is 1.29 bits per heavy atom. The molecular weight excluding hydrogens is 331 g/mol. The highest BCUT2D eigenvalue weighted by molar-refractivity contribution is 6.30. The van der Waals surface area contributed by atoms with Crippen LogP contribution in [0.15, 0.2) is 42.5 Å². The minimum Gasteiger partial charge on any atom is -0.454 e. The third-order valence-corrected chi connectivity index (χ3v) is 4.37. The normalized spacial score (nSPS) is 16.9. The van der Waals surface area contributed by atoms with Crippen LogP contribution >= 0.6 is 11.6 Å². The molecule has 1 heterocycles. The second-order valence-corrected chi connectivity index (χ2v) is 6.20. The molecular formula is C18H18ClFN2O2. The number of benzene rings is 2. The molecule has 2 aromatic rings. The van der Waals surface area contributed by atoms with Gasteiger partial charge in [0.25, 0.3) is 5.91 Å². The highest BCUT2D eigenvalue weighted by Crippen LogP contribution is 2.26. The van der Waals surface area contributed by atoms with Gasteiger partial charge in [0.1, 0.15) is 5.75 Å². The van der Waals surface area contributed by atoms with E-state index in [1.807, 2.05) is 0 Å². The van der Waals surface area contributed by atoms with Crippen LogP contribution in [-0.4, -0.2) is 37.0 Å². The zero-order valence-electron chi connectivity index (χ0n) is 13.3. The predicted octanol–water partition coefficient (Wildman–Crippen LogP) is 3.71. The molecule has 0 bridgehead atoms. The monoisotopic (exact) mass is 348 g/mol. The zero-order chi connectivity index (χ0) is 17.1. The fourth-order valence-corrected chi connectivity index (χ4v) is 2.81. The van der Waals surface area contributed by atoms with Crippen molar-refractivity contribution in [1.29, 1.82) is 0 Å². The number of carbonyl (C=O) groups is 1. The Morgan fingerprint density at radius 2 is 2.04 bits per heavy atom. The van der Waals surface area contributed by atoms with Crippen LogP contribution in [0.4, 0.5) is 4.39 Å². The third kappa shape index (κ3) is 3.68. The molecule has 1 aliphatic rings. The minimum absolute atomic E-state index is 0.0686. The van der Waals surface area contributed by atoms with Gasteiger partial charge in [-0.2, -0.15) is 0 Å². The number of ether oxygens (including phenoxy) is 1. The van der Waals surface area contributed by atoms with Crippen LogP contribution in [0.2, 0.25) is 5.02 Å². The van der Waals surface area contributed by atoms with Crippen molar-refractivity contribution < 1.29 is 13.9 Å². The van der Waals surface area contributed by atoms with E-state index in [1.165, 1.54) is 12.1 Å². The van der Waals surface area contributed by atoms with Gasteiger partial charge in [0.05, 0.1) is 0 Å². The van der Waals surface area contributed by atoms with Crippen molar-refractivity contribution in [2.45, 2.75) is 12.5 Å². The van der Waals surface area contributed by atoms with Crippen molar-refractivity contribution >= 4 is 17.5 Å². The second kappa shape index (κ2) is 7.20. The summed E-state index contributed by atoms with van der Waals surface area (Å²) in [6, 6.07) is 11.0. The number of hydrogen-bond donors (Lipinski definition) is 1. The molecule has 6 heteroatoms. The summed E-state index contributed by atoms with van der Waals surface area (Å²) in [6.45, 7) is 1.66. The summed E-state index contributed by atoms with van der Waals surface area (Å²) < 4.78 is 19.8. The first-order valence-electron chi connectivity index (χ1n) is 7.75. The van der Waals surface area contributed by atoms with Crippen molar-refractivity contribution in [2.24, 2.45) is 0 Å². The summed E-state index contributed by atoms with van der Waals surface area (Å²) >= 11 is 5.81. The lowest BCUT2D eigenvalue weighted by atomic mass is 10.1. The first kappa shape index (κ1) is 16.7. The Bertz CT molecular complexity index is 730. The lowest BCUT2D eigenvalue weighted by Crippen LogP contribution is -2.38. The quantitative estimate of drug-likeness (QED) is 0.916. The number of amides is 1. The summed E-state index contributed by atoms with van der Waals surface area (Å²) in [4.78, 5) is 14.1. The number of nitrogens with one attached hydrogen (secondary N) is 1. The summed E-state index contributed by atoms with van der Waals surface area (Å²) in [5.41, 5.74) is 0.311. The number of rotatable bonds is 4. The fraction of sp³-hybridized carbons (Fsp3) is 0.278. The van der Waals surface area contributed by atoms with Crippen molar-refractivity contribution in [3.05, 3.63) is 58.9 Å². The highest BCUT2D eigenvalue weighted by atomic mass is 35.5. The van der Waals surface area contributed by atoms with E-state index in [-0.39, 0.29) is 17.7 Å².